The summed E-state index contributed by atoms with van der Waals surface area (Å²) < 4.78 is 13.0. The molecule has 20 heavy (non-hydrogen) atoms. The van der Waals surface area contributed by atoms with E-state index in [2.05, 4.69) is 6.07 Å². The Morgan fingerprint density at radius 3 is 2.15 bits per heavy atom. The lowest BCUT2D eigenvalue weighted by atomic mass is 10.0. The molecule has 0 spiro atoms. The summed E-state index contributed by atoms with van der Waals surface area (Å²) in [5.74, 6) is -0.223. The van der Waals surface area contributed by atoms with E-state index in [-0.39, 0.29) is 12.4 Å². The van der Waals surface area contributed by atoms with Gasteiger partial charge in [0.15, 0.2) is 0 Å². The summed E-state index contributed by atoms with van der Waals surface area (Å²) in [4.78, 5) is 1.13. The van der Waals surface area contributed by atoms with Gasteiger partial charge in [0.2, 0.25) is 0 Å². The molecule has 0 saturated carbocycles. The van der Waals surface area contributed by atoms with Gasteiger partial charge < -0.3 is 5.11 Å². The van der Waals surface area contributed by atoms with E-state index in [9.17, 15) is 4.39 Å². The maximum absolute atomic E-state index is 13.0. The number of hydrogen-bond acceptors (Lipinski definition) is 2. The molecule has 0 atom stereocenters. The smallest absolute Gasteiger partial charge is 0.123 e. The minimum absolute atomic E-state index is 0.0503. The van der Waals surface area contributed by atoms with Crippen molar-refractivity contribution in [3.05, 3.63) is 71.4 Å². The van der Waals surface area contributed by atoms with E-state index in [0.29, 0.717) is 0 Å². The van der Waals surface area contributed by atoms with Gasteiger partial charge in [-0.2, -0.15) is 0 Å². The van der Waals surface area contributed by atoms with Crippen molar-refractivity contribution in [2.75, 3.05) is 0 Å². The standard InChI is InChI=1S/C17H13FOS/c18-15-7-5-14(6-8-15)17-16(9-10-20-17)13-3-1-12(11-19)2-4-13/h1-10,19H,11H2. The molecule has 0 fully saturated rings. The number of halogens is 1. The lowest BCUT2D eigenvalue weighted by molar-refractivity contribution is 0.282. The number of hydrogen-bond donors (Lipinski definition) is 1. The average Bonchev–Trinajstić information content (AvgIpc) is 2.97. The van der Waals surface area contributed by atoms with Gasteiger partial charge in [-0.05, 0) is 40.3 Å². The Labute approximate surface area is 121 Å². The van der Waals surface area contributed by atoms with Gasteiger partial charge in [0.25, 0.3) is 0 Å². The van der Waals surface area contributed by atoms with Gasteiger partial charge in [-0.3, -0.25) is 0 Å². The molecule has 0 aliphatic carbocycles. The number of rotatable bonds is 3. The van der Waals surface area contributed by atoms with E-state index in [4.69, 9.17) is 5.11 Å². The Kier molecular flexibility index (Phi) is 3.63. The fraction of sp³-hybridized carbons (Fsp3) is 0.0588. The lowest BCUT2D eigenvalue weighted by Gasteiger charge is -2.05. The van der Waals surface area contributed by atoms with Crippen molar-refractivity contribution in [3.8, 4) is 21.6 Å². The van der Waals surface area contributed by atoms with Crippen LogP contribution in [0.3, 0.4) is 0 Å². The first-order valence-electron chi connectivity index (χ1n) is 6.31. The van der Waals surface area contributed by atoms with Crippen LogP contribution in [0.2, 0.25) is 0 Å². The van der Waals surface area contributed by atoms with Crippen molar-refractivity contribution in [3.63, 3.8) is 0 Å². The molecule has 3 heteroatoms. The van der Waals surface area contributed by atoms with Gasteiger partial charge in [-0.1, -0.05) is 36.4 Å². The molecular formula is C17H13FOS. The highest BCUT2D eigenvalue weighted by Crippen LogP contribution is 2.36. The van der Waals surface area contributed by atoms with Crippen LogP contribution in [0, 0.1) is 5.82 Å². The molecule has 3 aromatic rings. The first kappa shape index (κ1) is 13.0. The average molecular weight is 284 g/mol. The van der Waals surface area contributed by atoms with Crippen LogP contribution in [0.1, 0.15) is 5.56 Å². The maximum atomic E-state index is 13.0. The second-order valence-corrected chi connectivity index (χ2v) is 5.44. The van der Waals surface area contributed by atoms with Crippen molar-refractivity contribution in [1.82, 2.24) is 0 Å². The molecule has 0 radical (unpaired) electrons. The van der Waals surface area contributed by atoms with E-state index < -0.39 is 0 Å². The van der Waals surface area contributed by atoms with Gasteiger partial charge in [-0.25, -0.2) is 4.39 Å². The molecule has 0 amide bonds. The third-order valence-electron chi connectivity index (χ3n) is 3.22. The first-order chi connectivity index (χ1) is 9.78. The van der Waals surface area contributed by atoms with Crippen LogP contribution in [0.15, 0.2) is 60.0 Å². The Balaban J connectivity index is 2.02. The van der Waals surface area contributed by atoms with Gasteiger partial charge in [0.1, 0.15) is 5.82 Å². The second-order valence-electron chi connectivity index (χ2n) is 4.53. The normalized spacial score (nSPS) is 10.7. The summed E-state index contributed by atoms with van der Waals surface area (Å²) in [6, 6.07) is 16.5. The molecule has 100 valence electrons. The van der Waals surface area contributed by atoms with Crippen molar-refractivity contribution >= 4 is 11.3 Å². The largest absolute Gasteiger partial charge is 0.392 e. The lowest BCUT2D eigenvalue weighted by Crippen LogP contribution is -1.84. The summed E-state index contributed by atoms with van der Waals surface area (Å²) >= 11 is 1.64. The van der Waals surface area contributed by atoms with Crippen LogP contribution >= 0.6 is 11.3 Å². The highest BCUT2D eigenvalue weighted by atomic mass is 32.1. The van der Waals surface area contributed by atoms with Crippen molar-refractivity contribution in [1.29, 1.82) is 0 Å². The fourth-order valence-corrected chi connectivity index (χ4v) is 3.08. The van der Waals surface area contributed by atoms with Gasteiger partial charge in [0.05, 0.1) is 6.61 Å². The Morgan fingerprint density at radius 2 is 1.50 bits per heavy atom. The fourth-order valence-electron chi connectivity index (χ4n) is 2.15. The molecule has 3 rings (SSSR count). The van der Waals surface area contributed by atoms with Crippen LogP contribution in [0.5, 0.6) is 0 Å². The molecule has 0 unspecified atom stereocenters. The third-order valence-corrected chi connectivity index (χ3v) is 4.18. The molecule has 1 N–H and O–H groups in total. The van der Waals surface area contributed by atoms with E-state index in [1.807, 2.05) is 29.6 Å². The molecule has 0 aliphatic heterocycles. The van der Waals surface area contributed by atoms with Crippen LogP contribution in [-0.4, -0.2) is 5.11 Å². The minimum Gasteiger partial charge on any atom is -0.392 e. The van der Waals surface area contributed by atoms with Crippen molar-refractivity contribution < 1.29 is 9.50 Å². The van der Waals surface area contributed by atoms with Crippen molar-refractivity contribution in [2.45, 2.75) is 6.61 Å². The summed E-state index contributed by atoms with van der Waals surface area (Å²) in [5.41, 5.74) is 4.14. The van der Waals surface area contributed by atoms with Crippen LogP contribution in [0.4, 0.5) is 4.39 Å². The van der Waals surface area contributed by atoms with E-state index >= 15 is 0 Å². The SMILES string of the molecule is OCc1ccc(-c2ccsc2-c2ccc(F)cc2)cc1. The molecule has 1 nitrogen and oxygen atoms in total. The zero-order valence-corrected chi connectivity index (χ0v) is 11.5. The summed E-state index contributed by atoms with van der Waals surface area (Å²) in [6.07, 6.45) is 0. The second kappa shape index (κ2) is 5.57. The predicted octanol–water partition coefficient (Wildman–Crippen LogP) is 4.71. The Bertz CT molecular complexity index is 699. The van der Waals surface area contributed by atoms with Crippen molar-refractivity contribution in [2.24, 2.45) is 0 Å². The number of aliphatic hydroxyl groups is 1. The molecular weight excluding hydrogens is 271 g/mol. The zero-order chi connectivity index (χ0) is 13.9. The molecule has 0 aliphatic rings. The predicted molar refractivity (Wildman–Crippen MR) is 81.1 cm³/mol. The van der Waals surface area contributed by atoms with Crippen LogP contribution in [-0.2, 0) is 6.61 Å². The van der Waals surface area contributed by atoms with Gasteiger partial charge in [-0.15, -0.1) is 11.3 Å². The minimum atomic E-state index is -0.223. The third kappa shape index (κ3) is 2.50. The molecule has 0 bridgehead atoms. The summed E-state index contributed by atoms with van der Waals surface area (Å²) in [7, 11) is 0. The number of aliphatic hydroxyl groups excluding tert-OH is 1. The monoisotopic (exact) mass is 284 g/mol. The van der Waals surface area contributed by atoms with Crippen LogP contribution < -0.4 is 0 Å². The van der Waals surface area contributed by atoms with E-state index in [1.165, 1.54) is 12.1 Å². The zero-order valence-electron chi connectivity index (χ0n) is 10.7. The van der Waals surface area contributed by atoms with Gasteiger partial charge in [0, 0.05) is 10.4 Å². The topological polar surface area (TPSA) is 20.2 Å². The molecule has 1 aromatic heterocycles. The highest BCUT2D eigenvalue weighted by molar-refractivity contribution is 7.14. The molecule has 1 heterocycles. The quantitative estimate of drug-likeness (QED) is 0.738. The summed E-state index contributed by atoms with van der Waals surface area (Å²) in [6.45, 7) is 0.0503. The molecule has 0 saturated heterocycles. The maximum Gasteiger partial charge on any atom is 0.123 e. The Hall–Kier alpha value is -1.97. The van der Waals surface area contributed by atoms with E-state index in [1.54, 1.807) is 23.5 Å². The molecule has 2 aromatic carbocycles. The first-order valence-corrected chi connectivity index (χ1v) is 7.19. The highest BCUT2D eigenvalue weighted by Gasteiger charge is 2.09. The summed E-state index contributed by atoms with van der Waals surface area (Å²) in [5, 5.41) is 11.1. The number of thiophene rings is 1. The van der Waals surface area contributed by atoms with E-state index in [0.717, 1.165) is 27.1 Å². The number of benzene rings is 2. The van der Waals surface area contributed by atoms with Gasteiger partial charge >= 0.3 is 0 Å². The van der Waals surface area contributed by atoms with Crippen LogP contribution in [0.25, 0.3) is 21.6 Å². The Morgan fingerprint density at radius 1 is 0.850 bits per heavy atom.